The molecule has 0 aliphatic carbocycles. The minimum absolute atomic E-state index is 0. The summed E-state index contributed by atoms with van der Waals surface area (Å²) < 4.78 is 0. The van der Waals surface area contributed by atoms with Crippen LogP contribution in [0.3, 0.4) is 0 Å². The van der Waals surface area contributed by atoms with Gasteiger partial charge in [-0.1, -0.05) is 43.3 Å². The number of carbonyl (C=O) groups is 1. The average molecular weight is 207 g/mol. The fourth-order valence-electron chi connectivity index (χ4n) is 0.385. The van der Waals surface area contributed by atoms with Gasteiger partial charge in [-0.05, 0) is 11.6 Å². The molecule has 13 heavy (non-hydrogen) atoms. The summed E-state index contributed by atoms with van der Waals surface area (Å²) in [6, 6.07) is 12.0. The predicted molar refractivity (Wildman–Crippen MR) is 54.8 cm³/mol. The molecule has 1 rings (SSSR count). The van der Waals surface area contributed by atoms with Gasteiger partial charge >= 0.3 is 0 Å². The molecule has 0 unspecified atom stereocenters. The highest BCUT2D eigenvalue weighted by molar-refractivity contribution is 6.63. The van der Waals surface area contributed by atoms with Crippen molar-refractivity contribution in [3.05, 3.63) is 36.4 Å². The van der Waals surface area contributed by atoms with Gasteiger partial charge in [0, 0.05) is 6.42 Å². The van der Waals surface area contributed by atoms with Crippen LogP contribution in [-0.4, -0.2) is 16.2 Å². The summed E-state index contributed by atoms with van der Waals surface area (Å²) in [5.41, 5.74) is 0. The summed E-state index contributed by atoms with van der Waals surface area (Å²) in [5.74, 6) is 0. The molecule has 0 radical (unpaired) electrons. The van der Waals surface area contributed by atoms with E-state index in [1.54, 1.807) is 6.92 Å². The molecule has 0 saturated heterocycles. The van der Waals surface area contributed by atoms with E-state index in [2.05, 4.69) is 0 Å². The molecule has 0 saturated carbocycles. The third kappa shape index (κ3) is 18.2. The molecule has 1 aromatic rings. The molecule has 4 heteroatoms. The molecule has 4 N–H and O–H groups in total. The molecule has 0 aromatic heterocycles. The monoisotopic (exact) mass is 206 g/mol. The van der Waals surface area contributed by atoms with Crippen LogP contribution in [0.5, 0.6) is 0 Å². The minimum Gasteiger partial charge on any atom is -0.412 e. The predicted octanol–water partition coefficient (Wildman–Crippen LogP) is 1.20. The van der Waals surface area contributed by atoms with Crippen molar-refractivity contribution in [2.24, 2.45) is 0 Å². The molecule has 0 aliphatic rings. The van der Waals surface area contributed by atoms with Gasteiger partial charge in [0.25, 0.3) is 0 Å². The fraction of sp³-hybridized carbons (Fsp3) is 0.222. The molecule has 0 atom stereocenters. The maximum atomic E-state index is 9.58. The number of hydrogen-bond donors (Lipinski definition) is 0. The first kappa shape index (κ1) is 18.0. The molecular weight excluding hydrogens is 192 g/mol. The summed E-state index contributed by atoms with van der Waals surface area (Å²) in [6.07, 6.45) is 0.432. The number of rotatable bonds is 1. The highest BCUT2D eigenvalue weighted by Crippen LogP contribution is 1.81. The van der Waals surface area contributed by atoms with E-state index < -0.39 is 0 Å². The quantitative estimate of drug-likeness (QED) is 0.636. The van der Waals surface area contributed by atoms with E-state index in [1.165, 1.54) is 0 Å². The summed E-state index contributed by atoms with van der Waals surface area (Å²) >= 11 is 4.82. The van der Waals surface area contributed by atoms with E-state index in [0.717, 1.165) is 0 Å². The van der Waals surface area contributed by atoms with Crippen LogP contribution in [0.4, 0.5) is 0 Å². The lowest BCUT2D eigenvalue weighted by atomic mass is 10.4. The zero-order valence-electron chi connectivity index (χ0n) is 7.46. The average Bonchev–Trinajstić information content (AvgIpc) is 2.09. The van der Waals surface area contributed by atoms with E-state index in [4.69, 9.17) is 11.6 Å². The molecule has 0 bridgehead atoms. The SMILES string of the molecule is CCC(=O)Cl.O.O.c1ccccc1. The van der Waals surface area contributed by atoms with Gasteiger partial charge in [-0.15, -0.1) is 0 Å². The van der Waals surface area contributed by atoms with Crippen molar-refractivity contribution < 1.29 is 15.7 Å². The van der Waals surface area contributed by atoms with Crippen molar-refractivity contribution in [1.82, 2.24) is 0 Å². The topological polar surface area (TPSA) is 80.1 Å². The van der Waals surface area contributed by atoms with Gasteiger partial charge in [-0.3, -0.25) is 4.79 Å². The van der Waals surface area contributed by atoms with Crippen molar-refractivity contribution in [3.8, 4) is 0 Å². The Hall–Kier alpha value is -0.900. The van der Waals surface area contributed by atoms with Crippen LogP contribution in [0.15, 0.2) is 36.4 Å². The largest absolute Gasteiger partial charge is 0.412 e. The Bertz CT molecular complexity index is 163. The van der Waals surface area contributed by atoms with Crippen molar-refractivity contribution in [1.29, 1.82) is 0 Å². The standard InChI is InChI=1S/C6H6.C3H5ClO.2H2O/c1-2-4-6-5-3-1;1-2-3(4)5;;/h1-6H;2H2,1H3;2*1H2. The molecule has 1 aromatic carbocycles. The second-order valence-corrected chi connectivity index (χ2v) is 2.28. The van der Waals surface area contributed by atoms with Gasteiger partial charge in [0.05, 0.1) is 0 Å². The number of carbonyl (C=O) groups excluding carboxylic acids is 1. The number of benzene rings is 1. The smallest absolute Gasteiger partial charge is 0.221 e. The van der Waals surface area contributed by atoms with Crippen LogP contribution >= 0.6 is 11.6 Å². The fourth-order valence-corrected chi connectivity index (χ4v) is 0.385. The van der Waals surface area contributed by atoms with Crippen LogP contribution in [0.1, 0.15) is 13.3 Å². The Morgan fingerprint density at radius 1 is 1.00 bits per heavy atom. The first-order valence-electron chi connectivity index (χ1n) is 3.45. The zero-order valence-corrected chi connectivity index (χ0v) is 8.21. The first-order chi connectivity index (χ1) is 5.27. The summed E-state index contributed by atoms with van der Waals surface area (Å²) in [7, 11) is 0. The number of halogens is 1. The van der Waals surface area contributed by atoms with Crippen LogP contribution in [0.25, 0.3) is 0 Å². The highest BCUT2D eigenvalue weighted by Gasteiger charge is 1.81. The zero-order chi connectivity index (χ0) is 8.53. The molecule has 0 fully saturated rings. The Labute approximate surface area is 83.0 Å². The molecule has 0 heterocycles. The van der Waals surface area contributed by atoms with Gasteiger partial charge in [0.1, 0.15) is 0 Å². The Morgan fingerprint density at radius 2 is 1.15 bits per heavy atom. The molecule has 0 aliphatic heterocycles. The van der Waals surface area contributed by atoms with Crippen molar-refractivity contribution in [3.63, 3.8) is 0 Å². The second kappa shape index (κ2) is 13.7. The molecule has 3 nitrogen and oxygen atoms in total. The van der Waals surface area contributed by atoms with Crippen molar-refractivity contribution in [2.75, 3.05) is 0 Å². The lowest BCUT2D eigenvalue weighted by Crippen LogP contribution is -1.74. The Morgan fingerprint density at radius 3 is 1.23 bits per heavy atom. The minimum atomic E-state index is -0.273. The normalized spacial score (nSPS) is 6.62. The van der Waals surface area contributed by atoms with Gasteiger partial charge in [-0.25, -0.2) is 0 Å². The van der Waals surface area contributed by atoms with Crippen molar-refractivity contribution in [2.45, 2.75) is 13.3 Å². The maximum Gasteiger partial charge on any atom is 0.221 e. The summed E-state index contributed by atoms with van der Waals surface area (Å²) in [6.45, 7) is 1.72. The summed E-state index contributed by atoms with van der Waals surface area (Å²) in [4.78, 5) is 9.58. The first-order valence-corrected chi connectivity index (χ1v) is 3.83. The summed E-state index contributed by atoms with van der Waals surface area (Å²) in [5, 5.41) is -0.273. The molecule has 76 valence electrons. The Kier molecular flexibility index (Phi) is 18.9. The van der Waals surface area contributed by atoms with Gasteiger partial charge in [0.15, 0.2) is 0 Å². The second-order valence-electron chi connectivity index (χ2n) is 1.86. The third-order valence-corrected chi connectivity index (χ3v) is 1.21. The van der Waals surface area contributed by atoms with Crippen LogP contribution < -0.4 is 0 Å². The number of hydrogen-bond acceptors (Lipinski definition) is 1. The molecular formula is C9H15ClO3. The van der Waals surface area contributed by atoms with Gasteiger partial charge < -0.3 is 11.0 Å². The van der Waals surface area contributed by atoms with E-state index in [9.17, 15) is 4.79 Å². The molecule has 0 spiro atoms. The van der Waals surface area contributed by atoms with Crippen LogP contribution in [0, 0.1) is 0 Å². The van der Waals surface area contributed by atoms with Crippen molar-refractivity contribution >= 4 is 16.8 Å². The van der Waals surface area contributed by atoms with Crippen LogP contribution in [-0.2, 0) is 4.79 Å². The van der Waals surface area contributed by atoms with E-state index in [0.29, 0.717) is 6.42 Å². The van der Waals surface area contributed by atoms with E-state index in [1.807, 2.05) is 36.4 Å². The third-order valence-electron chi connectivity index (χ3n) is 0.945. The maximum absolute atomic E-state index is 9.58. The lowest BCUT2D eigenvalue weighted by Gasteiger charge is -1.69. The highest BCUT2D eigenvalue weighted by atomic mass is 35.5. The van der Waals surface area contributed by atoms with Gasteiger partial charge in [0.2, 0.25) is 5.24 Å². The Balaban J connectivity index is -0.000000136. The van der Waals surface area contributed by atoms with Gasteiger partial charge in [-0.2, -0.15) is 0 Å². The van der Waals surface area contributed by atoms with E-state index in [-0.39, 0.29) is 16.2 Å². The lowest BCUT2D eigenvalue weighted by molar-refractivity contribution is -0.111. The molecule has 0 amide bonds. The van der Waals surface area contributed by atoms with Crippen LogP contribution in [0.2, 0.25) is 0 Å². The van der Waals surface area contributed by atoms with E-state index >= 15 is 0 Å².